The van der Waals surface area contributed by atoms with E-state index < -0.39 is 0 Å². The van der Waals surface area contributed by atoms with Crippen LogP contribution in [-0.4, -0.2) is 32.7 Å². The van der Waals surface area contributed by atoms with Crippen molar-refractivity contribution in [1.29, 1.82) is 0 Å². The molecule has 0 N–H and O–H groups in total. The molecular weight excluding hydrogens is 446 g/mol. The third-order valence-electron chi connectivity index (χ3n) is 5.65. The van der Waals surface area contributed by atoms with Crippen molar-refractivity contribution in [3.05, 3.63) is 68.4 Å². The van der Waals surface area contributed by atoms with E-state index in [-0.39, 0.29) is 11.5 Å². The standard InChI is InChI=1S/C23H21N3O2S3/c1-14-11-30-23(24-14)31-13-21(27)26-8-7-19-15(10-26)9-17(22(28)25(19)2)18-12-29-20-6-4-3-5-16(18)20/h3-6,9,11-12H,7-8,10,13H2,1-2H3. The fourth-order valence-electron chi connectivity index (χ4n) is 4.03. The number of carbonyl (C=O) groups excluding carboxylic acids is 1. The number of hydrogen-bond acceptors (Lipinski definition) is 6. The Balaban J connectivity index is 1.43. The molecule has 0 spiro atoms. The highest BCUT2D eigenvalue weighted by Gasteiger charge is 2.25. The van der Waals surface area contributed by atoms with E-state index in [1.54, 1.807) is 27.2 Å². The molecule has 0 radical (unpaired) electrons. The summed E-state index contributed by atoms with van der Waals surface area (Å²) in [6.07, 6.45) is 0.693. The van der Waals surface area contributed by atoms with Gasteiger partial charge in [-0.2, -0.15) is 0 Å². The van der Waals surface area contributed by atoms with Gasteiger partial charge in [-0.3, -0.25) is 9.59 Å². The van der Waals surface area contributed by atoms with Crippen molar-refractivity contribution in [3.8, 4) is 11.1 Å². The number of pyridine rings is 1. The molecule has 0 fully saturated rings. The molecule has 3 aromatic heterocycles. The highest BCUT2D eigenvalue weighted by atomic mass is 32.2. The van der Waals surface area contributed by atoms with Gasteiger partial charge >= 0.3 is 0 Å². The first-order valence-corrected chi connectivity index (χ1v) is 12.8. The monoisotopic (exact) mass is 467 g/mol. The van der Waals surface area contributed by atoms with Crippen LogP contribution in [0.15, 0.2) is 50.2 Å². The number of thiophene rings is 1. The third kappa shape index (κ3) is 3.84. The average molecular weight is 468 g/mol. The topological polar surface area (TPSA) is 55.2 Å². The van der Waals surface area contributed by atoms with E-state index in [1.807, 2.05) is 42.5 Å². The van der Waals surface area contributed by atoms with Gasteiger partial charge in [0.25, 0.3) is 5.56 Å². The predicted octanol–water partition coefficient (Wildman–Crippen LogP) is 4.71. The van der Waals surface area contributed by atoms with E-state index in [0.717, 1.165) is 32.2 Å². The quantitative estimate of drug-likeness (QED) is 0.408. The van der Waals surface area contributed by atoms with Gasteiger partial charge in [0.15, 0.2) is 4.34 Å². The van der Waals surface area contributed by atoms with Crippen molar-refractivity contribution in [1.82, 2.24) is 14.5 Å². The van der Waals surface area contributed by atoms with E-state index in [0.29, 0.717) is 30.8 Å². The molecule has 5 rings (SSSR count). The van der Waals surface area contributed by atoms with Crippen LogP contribution in [0, 0.1) is 6.92 Å². The Hall–Kier alpha value is -2.42. The van der Waals surface area contributed by atoms with Crippen LogP contribution in [-0.2, 0) is 24.8 Å². The average Bonchev–Trinajstić information content (AvgIpc) is 3.40. The van der Waals surface area contributed by atoms with E-state index in [9.17, 15) is 9.59 Å². The number of nitrogens with zero attached hydrogens (tertiary/aromatic N) is 3. The Morgan fingerprint density at radius 1 is 1.19 bits per heavy atom. The SMILES string of the molecule is Cc1csc(SCC(=O)N2CCc3c(cc(-c4csc5ccccc45)c(=O)n3C)C2)n1. The number of thiazole rings is 1. The van der Waals surface area contributed by atoms with Gasteiger partial charge in [0.2, 0.25) is 5.91 Å². The van der Waals surface area contributed by atoms with Gasteiger partial charge in [-0.1, -0.05) is 30.0 Å². The van der Waals surface area contributed by atoms with Crippen molar-refractivity contribution in [2.24, 2.45) is 7.05 Å². The first-order chi connectivity index (χ1) is 15.0. The second kappa shape index (κ2) is 8.26. The lowest BCUT2D eigenvalue weighted by molar-refractivity contribution is -0.129. The first-order valence-electron chi connectivity index (χ1n) is 10.0. The highest BCUT2D eigenvalue weighted by Crippen LogP contribution is 2.33. The summed E-state index contributed by atoms with van der Waals surface area (Å²) in [5.41, 5.74) is 4.78. The number of carbonyl (C=O) groups is 1. The van der Waals surface area contributed by atoms with E-state index >= 15 is 0 Å². The van der Waals surface area contributed by atoms with Crippen molar-refractivity contribution in [2.45, 2.75) is 24.2 Å². The Bertz CT molecular complexity index is 1350. The van der Waals surface area contributed by atoms with Gasteiger partial charge in [-0.05, 0) is 24.6 Å². The molecule has 1 amide bonds. The molecule has 0 saturated heterocycles. The Morgan fingerprint density at radius 3 is 2.84 bits per heavy atom. The number of hydrogen-bond donors (Lipinski definition) is 0. The van der Waals surface area contributed by atoms with Gasteiger partial charge < -0.3 is 9.47 Å². The van der Waals surface area contributed by atoms with Gasteiger partial charge in [0, 0.05) is 69.9 Å². The minimum Gasteiger partial charge on any atom is -0.337 e. The fourth-order valence-corrected chi connectivity index (χ4v) is 6.75. The lowest BCUT2D eigenvalue weighted by Crippen LogP contribution is -2.39. The number of rotatable bonds is 4. The van der Waals surface area contributed by atoms with E-state index in [2.05, 4.69) is 22.5 Å². The van der Waals surface area contributed by atoms with Crippen LogP contribution >= 0.6 is 34.4 Å². The minimum absolute atomic E-state index is 0.0248. The van der Waals surface area contributed by atoms with E-state index in [1.165, 1.54) is 16.5 Å². The minimum atomic E-state index is 0.0248. The molecule has 0 aliphatic carbocycles. The van der Waals surface area contributed by atoms with Crippen LogP contribution < -0.4 is 5.56 Å². The molecule has 4 aromatic rings. The molecule has 0 atom stereocenters. The molecule has 4 heterocycles. The summed E-state index contributed by atoms with van der Waals surface area (Å²) in [4.78, 5) is 32.3. The van der Waals surface area contributed by atoms with Crippen molar-refractivity contribution >= 4 is 50.4 Å². The predicted molar refractivity (Wildman–Crippen MR) is 129 cm³/mol. The molecule has 1 aliphatic heterocycles. The number of aromatic nitrogens is 2. The zero-order chi connectivity index (χ0) is 21.5. The Morgan fingerprint density at radius 2 is 2.03 bits per heavy atom. The smallest absolute Gasteiger partial charge is 0.258 e. The number of amides is 1. The van der Waals surface area contributed by atoms with Crippen molar-refractivity contribution in [3.63, 3.8) is 0 Å². The van der Waals surface area contributed by atoms with Gasteiger partial charge in [-0.25, -0.2) is 4.98 Å². The lowest BCUT2D eigenvalue weighted by atomic mass is 9.99. The summed E-state index contributed by atoms with van der Waals surface area (Å²) in [7, 11) is 1.84. The molecule has 1 aliphatic rings. The van der Waals surface area contributed by atoms with Crippen LogP contribution in [0.25, 0.3) is 21.2 Å². The van der Waals surface area contributed by atoms with Crippen molar-refractivity contribution < 1.29 is 4.79 Å². The molecule has 158 valence electrons. The lowest BCUT2D eigenvalue weighted by Gasteiger charge is -2.30. The third-order valence-corrected chi connectivity index (χ3v) is 8.74. The van der Waals surface area contributed by atoms with Crippen LogP contribution in [0.4, 0.5) is 0 Å². The van der Waals surface area contributed by atoms with Crippen LogP contribution in [0.5, 0.6) is 0 Å². The van der Waals surface area contributed by atoms with E-state index in [4.69, 9.17) is 0 Å². The number of thioether (sulfide) groups is 1. The number of fused-ring (bicyclic) bond motifs is 2. The van der Waals surface area contributed by atoms with Crippen LogP contribution in [0.2, 0.25) is 0 Å². The molecule has 0 saturated carbocycles. The number of benzene rings is 1. The molecule has 8 heteroatoms. The van der Waals surface area contributed by atoms with Crippen molar-refractivity contribution in [2.75, 3.05) is 12.3 Å². The summed E-state index contributed by atoms with van der Waals surface area (Å²) in [5.74, 6) is 0.496. The maximum atomic E-state index is 13.1. The zero-order valence-corrected chi connectivity index (χ0v) is 19.7. The molecule has 0 bridgehead atoms. The fraction of sp³-hybridized carbons (Fsp3) is 0.261. The van der Waals surface area contributed by atoms with Crippen LogP contribution in [0.1, 0.15) is 17.0 Å². The highest BCUT2D eigenvalue weighted by molar-refractivity contribution is 8.01. The molecule has 0 unspecified atom stereocenters. The van der Waals surface area contributed by atoms with Gasteiger partial charge in [-0.15, -0.1) is 22.7 Å². The maximum Gasteiger partial charge on any atom is 0.258 e. The van der Waals surface area contributed by atoms with Gasteiger partial charge in [0.1, 0.15) is 0 Å². The van der Waals surface area contributed by atoms with Crippen LogP contribution in [0.3, 0.4) is 0 Å². The summed E-state index contributed by atoms with van der Waals surface area (Å²) in [6.45, 7) is 3.13. The molecule has 1 aromatic carbocycles. The first kappa shape index (κ1) is 20.5. The number of aryl methyl sites for hydroxylation is 1. The van der Waals surface area contributed by atoms with Gasteiger partial charge in [0.05, 0.1) is 5.75 Å². The second-order valence-corrected chi connectivity index (χ2v) is 10.6. The summed E-state index contributed by atoms with van der Waals surface area (Å²) in [5, 5.41) is 5.16. The Labute approximate surface area is 192 Å². The normalized spacial score (nSPS) is 13.5. The zero-order valence-electron chi connectivity index (χ0n) is 17.3. The summed E-state index contributed by atoms with van der Waals surface area (Å²) >= 11 is 4.72. The summed E-state index contributed by atoms with van der Waals surface area (Å²) < 4.78 is 3.87. The summed E-state index contributed by atoms with van der Waals surface area (Å²) in [6, 6.07) is 10.2. The second-order valence-electron chi connectivity index (χ2n) is 7.65. The molecule has 5 nitrogen and oxygen atoms in total. The molecule has 31 heavy (non-hydrogen) atoms. The largest absolute Gasteiger partial charge is 0.337 e. The maximum absolute atomic E-state index is 13.1. The Kier molecular flexibility index (Phi) is 5.45. The molecular formula is C23H21N3O2S3.